The Balaban J connectivity index is 2.40. The summed E-state index contributed by atoms with van der Waals surface area (Å²) in [7, 11) is 0. The van der Waals surface area contributed by atoms with Gasteiger partial charge in [0.2, 0.25) is 0 Å². The van der Waals surface area contributed by atoms with Crippen molar-refractivity contribution in [1.29, 1.82) is 0 Å². The first-order valence-corrected chi connectivity index (χ1v) is 8.03. The minimum absolute atomic E-state index is 0.0209. The number of hydrogen-bond donors (Lipinski definition) is 0. The van der Waals surface area contributed by atoms with Crippen molar-refractivity contribution in [1.82, 2.24) is 0 Å². The van der Waals surface area contributed by atoms with Gasteiger partial charge in [0.25, 0.3) is 0 Å². The molecular formula is C17H30O2. The van der Waals surface area contributed by atoms with Gasteiger partial charge in [0.05, 0.1) is 0 Å². The van der Waals surface area contributed by atoms with Crippen LogP contribution in [0.25, 0.3) is 0 Å². The third-order valence-corrected chi connectivity index (χ3v) is 3.77. The van der Waals surface area contributed by atoms with Gasteiger partial charge in [-0.05, 0) is 33.1 Å². The van der Waals surface area contributed by atoms with Gasteiger partial charge in [-0.2, -0.15) is 0 Å². The smallest absolute Gasteiger partial charge is 0.306 e. The Hall–Kier alpha value is -0.790. The van der Waals surface area contributed by atoms with Gasteiger partial charge >= 0.3 is 5.97 Å². The van der Waals surface area contributed by atoms with Crippen LogP contribution in [0, 0.1) is 0 Å². The summed E-state index contributed by atoms with van der Waals surface area (Å²) < 4.78 is 5.44. The molecular weight excluding hydrogens is 236 g/mol. The van der Waals surface area contributed by atoms with Crippen molar-refractivity contribution in [2.45, 2.75) is 90.6 Å². The van der Waals surface area contributed by atoms with Crippen LogP contribution in [-0.4, -0.2) is 12.1 Å². The standard InChI is InChI=1S/C17H30O2/c1-15-12-10-8-6-4-3-5-7-9-11-13-17(18)19-16(2)14-15/h12,16H,3-11,13-14H2,1-2H3/b15-12+. The molecule has 0 fully saturated rings. The Bertz CT molecular complexity index is 281. The molecule has 1 rings (SSSR count). The van der Waals surface area contributed by atoms with E-state index < -0.39 is 0 Å². The molecule has 2 nitrogen and oxygen atoms in total. The summed E-state index contributed by atoms with van der Waals surface area (Å²) in [6, 6.07) is 0. The third kappa shape index (κ3) is 8.85. The van der Waals surface area contributed by atoms with Crippen LogP contribution < -0.4 is 0 Å². The molecule has 0 aromatic heterocycles. The molecule has 1 atom stereocenters. The predicted molar refractivity (Wildman–Crippen MR) is 80.1 cm³/mol. The summed E-state index contributed by atoms with van der Waals surface area (Å²) in [5.41, 5.74) is 1.35. The van der Waals surface area contributed by atoms with E-state index in [1.165, 1.54) is 56.9 Å². The monoisotopic (exact) mass is 266 g/mol. The molecule has 1 aliphatic rings. The molecule has 1 aliphatic heterocycles. The minimum atomic E-state index is -0.0209. The SMILES string of the molecule is C/C1=C\CCCCCCCCCCC(=O)OC(C)C1. The number of ether oxygens (including phenoxy) is 1. The van der Waals surface area contributed by atoms with E-state index in [1.54, 1.807) is 0 Å². The van der Waals surface area contributed by atoms with E-state index in [4.69, 9.17) is 4.74 Å². The van der Waals surface area contributed by atoms with E-state index in [1.807, 2.05) is 6.92 Å². The van der Waals surface area contributed by atoms with Crippen LogP contribution in [0.1, 0.15) is 84.5 Å². The number of rotatable bonds is 0. The Morgan fingerprint density at radius 3 is 2.26 bits per heavy atom. The van der Waals surface area contributed by atoms with Gasteiger partial charge in [-0.25, -0.2) is 0 Å². The zero-order chi connectivity index (χ0) is 13.9. The van der Waals surface area contributed by atoms with Crippen molar-refractivity contribution >= 4 is 5.97 Å². The van der Waals surface area contributed by atoms with Crippen molar-refractivity contribution in [2.24, 2.45) is 0 Å². The highest BCUT2D eigenvalue weighted by Gasteiger charge is 2.10. The van der Waals surface area contributed by atoms with Gasteiger partial charge in [-0.15, -0.1) is 0 Å². The summed E-state index contributed by atoms with van der Waals surface area (Å²) >= 11 is 0. The molecule has 0 saturated heterocycles. The minimum Gasteiger partial charge on any atom is -0.462 e. The topological polar surface area (TPSA) is 26.3 Å². The second kappa shape index (κ2) is 10.1. The van der Waals surface area contributed by atoms with Crippen LogP contribution in [0.2, 0.25) is 0 Å². The van der Waals surface area contributed by atoms with Gasteiger partial charge < -0.3 is 4.74 Å². The highest BCUT2D eigenvalue weighted by molar-refractivity contribution is 5.69. The lowest BCUT2D eigenvalue weighted by molar-refractivity contribution is -0.148. The number of cyclic esters (lactones) is 1. The lowest BCUT2D eigenvalue weighted by Crippen LogP contribution is -2.15. The summed E-state index contributed by atoms with van der Waals surface area (Å²) in [5, 5.41) is 0. The van der Waals surface area contributed by atoms with Crippen molar-refractivity contribution < 1.29 is 9.53 Å². The second-order valence-electron chi connectivity index (χ2n) is 5.92. The zero-order valence-electron chi connectivity index (χ0n) is 12.7. The Morgan fingerprint density at radius 1 is 1.00 bits per heavy atom. The van der Waals surface area contributed by atoms with Crippen LogP contribution in [-0.2, 0) is 9.53 Å². The normalized spacial score (nSPS) is 28.2. The first kappa shape index (κ1) is 16.3. The molecule has 0 radical (unpaired) electrons. The molecule has 2 heteroatoms. The Kier molecular flexibility index (Phi) is 8.61. The van der Waals surface area contributed by atoms with Crippen molar-refractivity contribution in [2.75, 3.05) is 0 Å². The fourth-order valence-electron chi connectivity index (χ4n) is 2.68. The van der Waals surface area contributed by atoms with Crippen LogP contribution in [0.3, 0.4) is 0 Å². The molecule has 0 bridgehead atoms. The first-order chi connectivity index (χ1) is 9.18. The summed E-state index contributed by atoms with van der Waals surface area (Å²) in [4.78, 5) is 11.7. The quantitative estimate of drug-likeness (QED) is 0.446. The number of esters is 1. The Labute approximate surface area is 118 Å². The highest BCUT2D eigenvalue weighted by Crippen LogP contribution is 2.15. The summed E-state index contributed by atoms with van der Waals surface area (Å²) in [6.45, 7) is 4.14. The first-order valence-electron chi connectivity index (χ1n) is 8.03. The second-order valence-corrected chi connectivity index (χ2v) is 5.92. The largest absolute Gasteiger partial charge is 0.462 e. The van der Waals surface area contributed by atoms with Gasteiger partial charge in [-0.1, -0.05) is 50.2 Å². The molecule has 0 N–H and O–H groups in total. The fraction of sp³-hybridized carbons (Fsp3) is 0.824. The maximum atomic E-state index is 11.7. The lowest BCUT2D eigenvalue weighted by atomic mass is 10.0. The molecule has 0 aromatic rings. The van der Waals surface area contributed by atoms with Crippen molar-refractivity contribution in [3.63, 3.8) is 0 Å². The van der Waals surface area contributed by atoms with E-state index in [9.17, 15) is 4.79 Å². The highest BCUT2D eigenvalue weighted by atomic mass is 16.5. The Morgan fingerprint density at radius 2 is 1.58 bits per heavy atom. The number of hydrogen-bond acceptors (Lipinski definition) is 2. The molecule has 0 amide bonds. The van der Waals surface area contributed by atoms with Crippen LogP contribution >= 0.6 is 0 Å². The molecule has 1 unspecified atom stereocenters. The van der Waals surface area contributed by atoms with Gasteiger partial charge in [0.15, 0.2) is 0 Å². The lowest BCUT2D eigenvalue weighted by Gasteiger charge is -2.14. The third-order valence-electron chi connectivity index (χ3n) is 3.77. The molecule has 19 heavy (non-hydrogen) atoms. The number of carbonyl (C=O) groups excluding carboxylic acids is 1. The predicted octanol–water partition coefficient (Wildman–Crippen LogP) is 5.17. The van der Waals surface area contributed by atoms with E-state index >= 15 is 0 Å². The molecule has 0 aromatic carbocycles. The number of allylic oxidation sites excluding steroid dienone is 1. The van der Waals surface area contributed by atoms with E-state index in [0.717, 1.165) is 12.8 Å². The van der Waals surface area contributed by atoms with Gasteiger partial charge in [0.1, 0.15) is 6.10 Å². The molecule has 0 spiro atoms. The van der Waals surface area contributed by atoms with Crippen molar-refractivity contribution in [3.05, 3.63) is 11.6 Å². The van der Waals surface area contributed by atoms with Crippen LogP contribution in [0.15, 0.2) is 11.6 Å². The zero-order valence-corrected chi connectivity index (χ0v) is 12.7. The maximum Gasteiger partial charge on any atom is 0.306 e. The average molecular weight is 266 g/mol. The number of carbonyl (C=O) groups is 1. The maximum absolute atomic E-state index is 11.7. The van der Waals surface area contributed by atoms with E-state index in [-0.39, 0.29) is 12.1 Å². The van der Waals surface area contributed by atoms with Gasteiger partial charge in [0, 0.05) is 12.8 Å². The summed E-state index contributed by atoms with van der Waals surface area (Å²) in [5.74, 6) is -0.0209. The van der Waals surface area contributed by atoms with Gasteiger partial charge in [-0.3, -0.25) is 4.79 Å². The fourth-order valence-corrected chi connectivity index (χ4v) is 2.68. The average Bonchev–Trinajstić information content (AvgIpc) is 2.34. The molecule has 0 saturated carbocycles. The molecule has 1 heterocycles. The summed E-state index contributed by atoms with van der Waals surface area (Å²) in [6.07, 6.45) is 15.1. The molecule has 110 valence electrons. The van der Waals surface area contributed by atoms with Crippen LogP contribution in [0.4, 0.5) is 0 Å². The van der Waals surface area contributed by atoms with E-state index in [2.05, 4.69) is 13.0 Å². The van der Waals surface area contributed by atoms with E-state index in [0.29, 0.717) is 6.42 Å². The molecule has 0 aliphatic carbocycles. The van der Waals surface area contributed by atoms with Crippen molar-refractivity contribution in [3.8, 4) is 0 Å². The van der Waals surface area contributed by atoms with Crippen LogP contribution in [0.5, 0.6) is 0 Å².